The molecule has 0 aliphatic heterocycles. The van der Waals surface area contributed by atoms with Crippen LogP contribution in [0.2, 0.25) is 0 Å². The molecule has 0 spiro atoms. The van der Waals surface area contributed by atoms with E-state index in [1.807, 2.05) is 0 Å². The summed E-state index contributed by atoms with van der Waals surface area (Å²) in [6, 6.07) is 3.18. The Morgan fingerprint density at radius 3 is 2.67 bits per heavy atom. The summed E-state index contributed by atoms with van der Waals surface area (Å²) in [6.07, 6.45) is 2.77. The van der Waals surface area contributed by atoms with Crippen LogP contribution in [0.5, 0.6) is 0 Å². The molecule has 15 heavy (non-hydrogen) atoms. The standard InChI is InChI=1S/C10H16N2O2S/c1-8(2)7-12-10-9(15(3,13)14)5-4-6-11-10/h4-6,8H,7H2,1-3H3,(H,11,12). The molecule has 0 fully saturated rings. The molecule has 0 bridgehead atoms. The van der Waals surface area contributed by atoms with Gasteiger partial charge in [0.2, 0.25) is 0 Å². The van der Waals surface area contributed by atoms with Crippen molar-refractivity contribution >= 4 is 15.7 Å². The van der Waals surface area contributed by atoms with Gasteiger partial charge in [0, 0.05) is 19.0 Å². The van der Waals surface area contributed by atoms with Gasteiger partial charge >= 0.3 is 0 Å². The van der Waals surface area contributed by atoms with Crippen molar-refractivity contribution in [2.24, 2.45) is 5.92 Å². The number of nitrogens with one attached hydrogen (secondary N) is 1. The van der Waals surface area contributed by atoms with E-state index in [0.717, 1.165) is 0 Å². The molecule has 0 amide bonds. The highest BCUT2D eigenvalue weighted by atomic mass is 32.2. The number of anilines is 1. The molecule has 1 aromatic rings. The smallest absolute Gasteiger partial charge is 0.179 e. The van der Waals surface area contributed by atoms with Gasteiger partial charge in [0.15, 0.2) is 9.84 Å². The van der Waals surface area contributed by atoms with E-state index in [1.165, 1.54) is 6.26 Å². The summed E-state index contributed by atoms with van der Waals surface area (Å²) in [5.41, 5.74) is 0. The fourth-order valence-corrected chi connectivity index (χ4v) is 1.93. The Balaban J connectivity index is 2.98. The van der Waals surface area contributed by atoms with Gasteiger partial charge in [0.25, 0.3) is 0 Å². The predicted molar refractivity (Wildman–Crippen MR) is 60.7 cm³/mol. The highest BCUT2D eigenvalue weighted by Crippen LogP contribution is 2.17. The van der Waals surface area contributed by atoms with E-state index < -0.39 is 9.84 Å². The van der Waals surface area contributed by atoms with E-state index in [0.29, 0.717) is 18.3 Å². The molecule has 0 aliphatic rings. The van der Waals surface area contributed by atoms with Crippen LogP contribution >= 0.6 is 0 Å². The number of sulfone groups is 1. The Kier molecular flexibility index (Phi) is 3.68. The second-order valence-electron chi connectivity index (χ2n) is 3.90. The number of aromatic nitrogens is 1. The average Bonchev–Trinajstić information content (AvgIpc) is 2.13. The molecule has 0 aromatic carbocycles. The van der Waals surface area contributed by atoms with Crippen molar-refractivity contribution < 1.29 is 8.42 Å². The van der Waals surface area contributed by atoms with Crippen molar-refractivity contribution in [3.8, 4) is 0 Å². The van der Waals surface area contributed by atoms with Gasteiger partial charge in [-0.2, -0.15) is 0 Å². The maximum absolute atomic E-state index is 11.4. The molecular weight excluding hydrogens is 212 g/mol. The van der Waals surface area contributed by atoms with Crippen molar-refractivity contribution in [1.82, 2.24) is 4.98 Å². The zero-order chi connectivity index (χ0) is 11.5. The Morgan fingerprint density at radius 1 is 1.47 bits per heavy atom. The molecule has 0 atom stereocenters. The first-order valence-electron chi connectivity index (χ1n) is 4.80. The van der Waals surface area contributed by atoms with Gasteiger partial charge < -0.3 is 5.32 Å². The fourth-order valence-electron chi connectivity index (χ4n) is 1.12. The lowest BCUT2D eigenvalue weighted by molar-refractivity contribution is 0.601. The lowest BCUT2D eigenvalue weighted by atomic mass is 10.2. The van der Waals surface area contributed by atoms with Crippen LogP contribution in [0.4, 0.5) is 5.82 Å². The van der Waals surface area contributed by atoms with E-state index >= 15 is 0 Å². The van der Waals surface area contributed by atoms with Gasteiger partial charge in [0.05, 0.1) is 0 Å². The van der Waals surface area contributed by atoms with Crippen molar-refractivity contribution in [1.29, 1.82) is 0 Å². The van der Waals surface area contributed by atoms with Gasteiger partial charge in [-0.3, -0.25) is 0 Å². The van der Waals surface area contributed by atoms with E-state index in [4.69, 9.17) is 0 Å². The summed E-state index contributed by atoms with van der Waals surface area (Å²) in [4.78, 5) is 4.28. The number of rotatable bonds is 4. The Bertz CT molecular complexity index is 427. The highest BCUT2D eigenvalue weighted by molar-refractivity contribution is 7.90. The minimum atomic E-state index is -3.21. The minimum Gasteiger partial charge on any atom is -0.369 e. The monoisotopic (exact) mass is 228 g/mol. The molecule has 0 saturated carbocycles. The minimum absolute atomic E-state index is 0.255. The third kappa shape index (κ3) is 3.51. The Hall–Kier alpha value is -1.10. The van der Waals surface area contributed by atoms with Crippen LogP contribution in [-0.4, -0.2) is 26.2 Å². The summed E-state index contributed by atoms with van der Waals surface area (Å²) in [6.45, 7) is 4.81. The van der Waals surface area contributed by atoms with Crippen LogP contribution in [0.3, 0.4) is 0 Å². The predicted octanol–water partition coefficient (Wildman–Crippen LogP) is 1.55. The van der Waals surface area contributed by atoms with Crippen LogP contribution in [-0.2, 0) is 9.84 Å². The van der Waals surface area contributed by atoms with Crippen LogP contribution in [0.15, 0.2) is 23.2 Å². The van der Waals surface area contributed by atoms with Crippen molar-refractivity contribution in [3.63, 3.8) is 0 Å². The van der Waals surface area contributed by atoms with Crippen LogP contribution < -0.4 is 5.32 Å². The van der Waals surface area contributed by atoms with Crippen LogP contribution in [0, 0.1) is 5.92 Å². The molecule has 1 N–H and O–H groups in total. The molecule has 84 valence electrons. The number of hydrogen-bond donors (Lipinski definition) is 1. The molecular formula is C10H16N2O2S. The summed E-state index contributed by atoms with van der Waals surface area (Å²) in [7, 11) is -3.21. The first-order chi connectivity index (χ1) is 6.91. The molecule has 1 aromatic heterocycles. The molecule has 5 heteroatoms. The first-order valence-corrected chi connectivity index (χ1v) is 6.69. The quantitative estimate of drug-likeness (QED) is 0.849. The summed E-state index contributed by atoms with van der Waals surface area (Å²) >= 11 is 0. The zero-order valence-corrected chi connectivity index (χ0v) is 10.0. The summed E-state index contributed by atoms with van der Waals surface area (Å²) < 4.78 is 22.8. The van der Waals surface area contributed by atoms with Crippen molar-refractivity contribution in [3.05, 3.63) is 18.3 Å². The molecule has 1 rings (SSSR count). The zero-order valence-electron chi connectivity index (χ0n) is 9.19. The van der Waals surface area contributed by atoms with Crippen LogP contribution in [0.25, 0.3) is 0 Å². The average molecular weight is 228 g/mol. The lowest BCUT2D eigenvalue weighted by Gasteiger charge is -2.10. The fraction of sp³-hybridized carbons (Fsp3) is 0.500. The van der Waals surface area contributed by atoms with E-state index in [9.17, 15) is 8.42 Å². The molecule has 4 nitrogen and oxygen atoms in total. The molecule has 0 radical (unpaired) electrons. The maximum Gasteiger partial charge on any atom is 0.179 e. The van der Waals surface area contributed by atoms with Gasteiger partial charge in [-0.05, 0) is 18.1 Å². The Morgan fingerprint density at radius 2 is 2.13 bits per heavy atom. The first kappa shape index (κ1) is 12.0. The van der Waals surface area contributed by atoms with Crippen LogP contribution in [0.1, 0.15) is 13.8 Å². The number of hydrogen-bond acceptors (Lipinski definition) is 4. The van der Waals surface area contributed by atoms with Crippen molar-refractivity contribution in [2.45, 2.75) is 18.7 Å². The second-order valence-corrected chi connectivity index (χ2v) is 5.88. The third-order valence-electron chi connectivity index (χ3n) is 1.85. The second kappa shape index (κ2) is 4.61. The molecule has 0 saturated heterocycles. The SMILES string of the molecule is CC(C)CNc1ncccc1S(C)(=O)=O. The number of nitrogens with zero attached hydrogens (tertiary/aromatic N) is 1. The Labute approximate surface area is 90.7 Å². The van der Waals surface area contributed by atoms with Crippen molar-refractivity contribution in [2.75, 3.05) is 18.1 Å². The lowest BCUT2D eigenvalue weighted by Crippen LogP contribution is -2.12. The highest BCUT2D eigenvalue weighted by Gasteiger charge is 2.13. The van der Waals surface area contributed by atoms with E-state index in [-0.39, 0.29) is 4.90 Å². The van der Waals surface area contributed by atoms with Gasteiger partial charge in [-0.25, -0.2) is 13.4 Å². The summed E-state index contributed by atoms with van der Waals surface area (Å²) in [5.74, 6) is 0.883. The third-order valence-corrected chi connectivity index (χ3v) is 2.98. The van der Waals surface area contributed by atoms with Gasteiger partial charge in [-0.1, -0.05) is 13.8 Å². The van der Waals surface area contributed by atoms with Gasteiger partial charge in [0.1, 0.15) is 10.7 Å². The number of pyridine rings is 1. The van der Waals surface area contributed by atoms with E-state index in [1.54, 1.807) is 18.3 Å². The summed E-state index contributed by atoms with van der Waals surface area (Å²) in [5, 5.41) is 3.03. The normalized spacial score (nSPS) is 11.7. The van der Waals surface area contributed by atoms with Gasteiger partial charge in [-0.15, -0.1) is 0 Å². The largest absolute Gasteiger partial charge is 0.369 e. The maximum atomic E-state index is 11.4. The topological polar surface area (TPSA) is 59.1 Å². The molecule has 0 aliphatic carbocycles. The molecule has 1 heterocycles. The van der Waals surface area contributed by atoms with E-state index in [2.05, 4.69) is 24.1 Å². The molecule has 0 unspecified atom stereocenters.